The smallest absolute Gasteiger partial charge is 0.306 e. The summed E-state index contributed by atoms with van der Waals surface area (Å²) in [6, 6.07) is 0. The Balaban J connectivity index is 2.22. The number of ether oxygens (including phenoxy) is 4. The van der Waals surface area contributed by atoms with E-state index >= 15 is 0 Å². The number of allylic oxidation sites excluding steroid dienone is 4. The number of unbranched alkanes of at least 4 members (excludes halogenated alkanes) is 22. The maximum Gasteiger partial charge on any atom is 0.306 e. The van der Waals surface area contributed by atoms with E-state index in [0.29, 0.717) is 13.0 Å². The first-order valence-corrected chi connectivity index (χ1v) is 21.9. The van der Waals surface area contributed by atoms with Gasteiger partial charge in [0.15, 0.2) is 6.29 Å². The zero-order chi connectivity index (χ0) is 38.6. The summed E-state index contributed by atoms with van der Waals surface area (Å²) in [5, 5.41) is 40.0. The fourth-order valence-corrected chi connectivity index (χ4v) is 6.64. The summed E-state index contributed by atoms with van der Waals surface area (Å²) >= 11 is 0. The molecule has 1 fully saturated rings. The second-order valence-electron chi connectivity index (χ2n) is 15.1. The van der Waals surface area contributed by atoms with Crippen molar-refractivity contribution in [3.63, 3.8) is 0 Å². The Hall–Kier alpha value is -1.33. The zero-order valence-corrected chi connectivity index (χ0v) is 34.0. The molecule has 4 N–H and O–H groups in total. The summed E-state index contributed by atoms with van der Waals surface area (Å²) in [6.07, 6.45) is 33.5. The molecule has 0 saturated carbocycles. The molecule has 0 amide bonds. The molecule has 53 heavy (non-hydrogen) atoms. The molecule has 0 aromatic heterocycles. The highest BCUT2D eigenvalue weighted by molar-refractivity contribution is 5.69. The van der Waals surface area contributed by atoms with Crippen LogP contribution >= 0.6 is 0 Å². The number of carbonyl (C=O) groups excluding carboxylic acids is 1. The largest absolute Gasteiger partial charge is 0.457 e. The van der Waals surface area contributed by atoms with E-state index in [-0.39, 0.29) is 19.2 Å². The van der Waals surface area contributed by atoms with Gasteiger partial charge in [-0.1, -0.05) is 160 Å². The normalized spacial score (nSPS) is 21.2. The Morgan fingerprint density at radius 2 is 1.09 bits per heavy atom. The molecule has 0 spiro atoms. The number of rotatable bonds is 37. The number of carbonyl (C=O) groups is 1. The third-order valence-electron chi connectivity index (χ3n) is 10.1. The lowest BCUT2D eigenvalue weighted by Crippen LogP contribution is -2.59. The lowest BCUT2D eigenvalue weighted by molar-refractivity contribution is -0.305. The lowest BCUT2D eigenvalue weighted by Gasteiger charge is -2.39. The van der Waals surface area contributed by atoms with Gasteiger partial charge in [-0.15, -0.1) is 0 Å². The van der Waals surface area contributed by atoms with Crippen molar-refractivity contribution < 1.29 is 44.2 Å². The van der Waals surface area contributed by atoms with E-state index in [4.69, 9.17) is 18.9 Å². The molecule has 1 aliphatic heterocycles. The lowest BCUT2D eigenvalue weighted by atomic mass is 9.99. The van der Waals surface area contributed by atoms with Crippen LogP contribution < -0.4 is 0 Å². The van der Waals surface area contributed by atoms with Crippen LogP contribution in [0.2, 0.25) is 0 Å². The fourth-order valence-electron chi connectivity index (χ4n) is 6.64. The Kier molecular flexibility index (Phi) is 34.0. The van der Waals surface area contributed by atoms with E-state index in [0.717, 1.165) is 38.5 Å². The van der Waals surface area contributed by atoms with Crippen LogP contribution in [0.5, 0.6) is 0 Å². The van der Waals surface area contributed by atoms with Gasteiger partial charge in [0.25, 0.3) is 0 Å². The number of aliphatic hydroxyl groups is 4. The molecule has 0 aromatic rings. The highest BCUT2D eigenvalue weighted by atomic mass is 16.7. The monoisotopic (exact) mass is 755 g/mol. The Morgan fingerprint density at radius 3 is 1.66 bits per heavy atom. The van der Waals surface area contributed by atoms with E-state index in [2.05, 4.69) is 38.2 Å². The zero-order valence-electron chi connectivity index (χ0n) is 34.0. The van der Waals surface area contributed by atoms with E-state index < -0.39 is 43.4 Å². The van der Waals surface area contributed by atoms with Crippen molar-refractivity contribution in [3.05, 3.63) is 24.3 Å². The number of aliphatic hydroxyl groups excluding tert-OH is 4. The van der Waals surface area contributed by atoms with E-state index in [1.807, 2.05) is 0 Å². The molecule has 1 rings (SSSR count). The number of hydrogen-bond acceptors (Lipinski definition) is 9. The average molecular weight is 755 g/mol. The summed E-state index contributed by atoms with van der Waals surface area (Å²) < 4.78 is 22.8. The van der Waals surface area contributed by atoms with Crippen LogP contribution in [0, 0.1) is 0 Å². The average Bonchev–Trinajstić information content (AvgIpc) is 3.16. The Bertz CT molecular complexity index is 864. The van der Waals surface area contributed by atoms with Crippen LogP contribution in [0.25, 0.3) is 0 Å². The van der Waals surface area contributed by atoms with Crippen LogP contribution in [0.3, 0.4) is 0 Å². The first-order chi connectivity index (χ1) is 25.9. The molecular formula is C44H82O9. The molecule has 1 heterocycles. The molecule has 0 aliphatic carbocycles. The molecule has 1 aliphatic rings. The third-order valence-corrected chi connectivity index (χ3v) is 10.1. The highest BCUT2D eigenvalue weighted by Gasteiger charge is 2.44. The van der Waals surface area contributed by atoms with Gasteiger partial charge in [-0.2, -0.15) is 0 Å². The molecule has 1 saturated heterocycles. The summed E-state index contributed by atoms with van der Waals surface area (Å²) in [7, 11) is 0. The molecular weight excluding hydrogens is 672 g/mol. The van der Waals surface area contributed by atoms with Gasteiger partial charge in [-0.3, -0.25) is 4.79 Å². The van der Waals surface area contributed by atoms with Gasteiger partial charge in [0.05, 0.1) is 19.8 Å². The summed E-state index contributed by atoms with van der Waals surface area (Å²) in [4.78, 5) is 12.7. The molecule has 0 bridgehead atoms. The molecule has 9 heteroatoms. The second kappa shape index (κ2) is 36.3. The van der Waals surface area contributed by atoms with Gasteiger partial charge in [0, 0.05) is 13.0 Å². The number of hydrogen-bond donors (Lipinski definition) is 4. The van der Waals surface area contributed by atoms with Crippen LogP contribution in [0.15, 0.2) is 24.3 Å². The third kappa shape index (κ3) is 27.8. The second-order valence-corrected chi connectivity index (χ2v) is 15.1. The van der Waals surface area contributed by atoms with Crippen molar-refractivity contribution >= 4 is 5.97 Å². The summed E-state index contributed by atoms with van der Waals surface area (Å²) in [5.74, 6) is -0.316. The molecule has 9 nitrogen and oxygen atoms in total. The van der Waals surface area contributed by atoms with Gasteiger partial charge >= 0.3 is 5.97 Å². The van der Waals surface area contributed by atoms with E-state index in [9.17, 15) is 25.2 Å². The van der Waals surface area contributed by atoms with Crippen molar-refractivity contribution in [1.29, 1.82) is 0 Å². The highest BCUT2D eigenvalue weighted by Crippen LogP contribution is 2.22. The molecule has 312 valence electrons. The van der Waals surface area contributed by atoms with E-state index in [1.165, 1.54) is 128 Å². The van der Waals surface area contributed by atoms with Crippen molar-refractivity contribution in [2.24, 2.45) is 0 Å². The minimum atomic E-state index is -1.53. The van der Waals surface area contributed by atoms with Crippen molar-refractivity contribution in [1.82, 2.24) is 0 Å². The van der Waals surface area contributed by atoms with Gasteiger partial charge in [-0.25, -0.2) is 0 Å². The minimum Gasteiger partial charge on any atom is -0.457 e. The van der Waals surface area contributed by atoms with Gasteiger partial charge in [0.1, 0.15) is 30.5 Å². The molecule has 0 aromatic carbocycles. The standard InChI is InChI=1S/C44H82O9/c1-3-5-7-9-11-13-15-16-17-18-19-20-21-22-23-24-26-28-30-32-34-50-36-38(37-51-44-43(49)42(48)41(47)39(35-45)53-44)52-40(46)33-31-29-27-25-14-12-10-8-6-4-2/h11,13,16-17,38-39,41-45,47-49H,3-10,12,14-15,18-37H2,1-2H3/b13-11-,17-16-. The first kappa shape index (κ1) is 49.7. The van der Waals surface area contributed by atoms with Gasteiger partial charge in [0.2, 0.25) is 0 Å². The van der Waals surface area contributed by atoms with Crippen molar-refractivity contribution in [3.8, 4) is 0 Å². The topological polar surface area (TPSA) is 135 Å². The van der Waals surface area contributed by atoms with Crippen LogP contribution in [-0.2, 0) is 23.7 Å². The van der Waals surface area contributed by atoms with Crippen LogP contribution in [0.4, 0.5) is 0 Å². The van der Waals surface area contributed by atoms with Gasteiger partial charge < -0.3 is 39.4 Å². The molecule has 6 unspecified atom stereocenters. The summed E-state index contributed by atoms with van der Waals surface area (Å²) in [5.41, 5.74) is 0. The maximum absolute atomic E-state index is 12.7. The minimum absolute atomic E-state index is 0.111. The molecule has 6 atom stereocenters. The quantitative estimate of drug-likeness (QED) is 0.0278. The summed E-state index contributed by atoms with van der Waals surface area (Å²) in [6.45, 7) is 4.52. The maximum atomic E-state index is 12.7. The Labute approximate surface area is 324 Å². The predicted octanol–water partition coefficient (Wildman–Crippen LogP) is 9.42. The Morgan fingerprint density at radius 1 is 0.604 bits per heavy atom. The predicted molar refractivity (Wildman–Crippen MR) is 215 cm³/mol. The van der Waals surface area contributed by atoms with Crippen LogP contribution in [0.1, 0.15) is 187 Å². The van der Waals surface area contributed by atoms with Gasteiger partial charge in [-0.05, 0) is 44.9 Å². The van der Waals surface area contributed by atoms with E-state index in [1.54, 1.807) is 0 Å². The molecule has 0 radical (unpaired) electrons. The number of esters is 1. The van der Waals surface area contributed by atoms with Crippen LogP contribution in [-0.4, -0.2) is 89.6 Å². The SMILES string of the molecule is CCCCC/C=C\C/C=C\CCCCCCCCCCCCOCC(COC1OC(CO)C(O)C(O)C1O)OC(=O)CCCCCCCCCCCC. The van der Waals surface area contributed by atoms with Crippen molar-refractivity contribution in [2.75, 3.05) is 26.4 Å². The first-order valence-electron chi connectivity index (χ1n) is 21.9. The van der Waals surface area contributed by atoms with Crippen molar-refractivity contribution in [2.45, 2.75) is 224 Å². The fraction of sp³-hybridized carbons (Fsp3) is 0.886.